The van der Waals surface area contributed by atoms with Gasteiger partial charge in [-0.2, -0.15) is 0 Å². The molecule has 2 aliphatic rings. The lowest BCUT2D eigenvalue weighted by molar-refractivity contribution is -0.318. The molecule has 1 aromatic carbocycles. The molecule has 0 aromatic heterocycles. The minimum Gasteiger partial charge on any atom is -0.497 e. The fourth-order valence-electron chi connectivity index (χ4n) is 3.34. The van der Waals surface area contributed by atoms with Crippen molar-refractivity contribution in [3.8, 4) is 5.75 Å². The van der Waals surface area contributed by atoms with Crippen molar-refractivity contribution >= 4 is 0 Å². The van der Waals surface area contributed by atoms with Crippen LogP contribution >= 0.6 is 0 Å². The molecule has 1 aliphatic carbocycles. The monoisotopic (exact) mass is 304 g/mol. The summed E-state index contributed by atoms with van der Waals surface area (Å²) in [6.07, 6.45) is 1.69. The second-order valence-electron chi connectivity index (χ2n) is 6.66. The fraction of sp³-hybridized carbons (Fsp3) is 0.556. The zero-order valence-electron chi connectivity index (χ0n) is 13.6. The van der Waals surface area contributed by atoms with Crippen LogP contribution in [0.4, 0.5) is 0 Å². The Morgan fingerprint density at radius 1 is 1.23 bits per heavy atom. The molecule has 4 atom stereocenters. The van der Waals surface area contributed by atoms with Crippen LogP contribution in [0.2, 0.25) is 0 Å². The first-order valence-electron chi connectivity index (χ1n) is 7.74. The van der Waals surface area contributed by atoms with E-state index in [1.165, 1.54) is 0 Å². The Morgan fingerprint density at radius 3 is 2.55 bits per heavy atom. The zero-order chi connectivity index (χ0) is 15.9. The Balaban J connectivity index is 1.87. The van der Waals surface area contributed by atoms with E-state index in [1.807, 2.05) is 31.2 Å². The van der Waals surface area contributed by atoms with Crippen molar-refractivity contribution in [2.24, 2.45) is 5.92 Å². The Kier molecular flexibility index (Phi) is 4.02. The van der Waals surface area contributed by atoms with Gasteiger partial charge in [-0.15, -0.1) is 0 Å². The van der Waals surface area contributed by atoms with Gasteiger partial charge in [0.15, 0.2) is 6.29 Å². The second kappa shape index (κ2) is 5.69. The van der Waals surface area contributed by atoms with Crippen LogP contribution in [0, 0.1) is 5.92 Å². The number of aliphatic hydroxyl groups is 1. The van der Waals surface area contributed by atoms with E-state index in [2.05, 4.69) is 19.9 Å². The molecule has 120 valence electrons. The highest BCUT2D eigenvalue weighted by Crippen LogP contribution is 2.45. The number of aliphatic hydroxyl groups excluding tert-OH is 1. The van der Waals surface area contributed by atoms with Crippen molar-refractivity contribution in [3.63, 3.8) is 0 Å². The lowest BCUT2D eigenvalue weighted by Gasteiger charge is -2.50. The van der Waals surface area contributed by atoms with E-state index in [9.17, 15) is 5.11 Å². The first-order chi connectivity index (χ1) is 10.4. The Bertz CT molecular complexity index is 561. The van der Waals surface area contributed by atoms with Gasteiger partial charge in [0.05, 0.1) is 18.8 Å². The van der Waals surface area contributed by atoms with Crippen LogP contribution in [-0.4, -0.2) is 30.0 Å². The summed E-state index contributed by atoms with van der Waals surface area (Å²) in [5.41, 5.74) is 1.56. The van der Waals surface area contributed by atoms with Crippen molar-refractivity contribution in [2.45, 2.75) is 51.3 Å². The zero-order valence-corrected chi connectivity index (χ0v) is 13.6. The standard InChI is InChI=1S/C18H24O4/c1-11-5-10-14-16(15(11)19)21-17(22-18(14,2)3)12-6-8-13(20-4)9-7-12/h5-9,14-17,19H,10H2,1-4H3/t14-,15+,16-,17+/m1/s1. The average Bonchev–Trinajstić information content (AvgIpc) is 2.50. The molecule has 4 nitrogen and oxygen atoms in total. The minimum absolute atomic E-state index is 0.153. The summed E-state index contributed by atoms with van der Waals surface area (Å²) in [6, 6.07) is 7.67. The van der Waals surface area contributed by atoms with Gasteiger partial charge in [-0.1, -0.05) is 18.2 Å². The van der Waals surface area contributed by atoms with Gasteiger partial charge >= 0.3 is 0 Å². The number of ether oxygens (including phenoxy) is 3. The van der Waals surface area contributed by atoms with Crippen LogP contribution in [0.15, 0.2) is 35.9 Å². The molecule has 1 N–H and O–H groups in total. The van der Waals surface area contributed by atoms with Crippen molar-refractivity contribution in [1.29, 1.82) is 0 Å². The number of benzene rings is 1. The molecular formula is C18H24O4. The maximum Gasteiger partial charge on any atom is 0.184 e. The van der Waals surface area contributed by atoms with E-state index in [1.54, 1.807) is 7.11 Å². The number of allylic oxidation sites excluding steroid dienone is 1. The molecule has 0 unspecified atom stereocenters. The molecule has 4 heteroatoms. The van der Waals surface area contributed by atoms with Gasteiger partial charge in [-0.25, -0.2) is 0 Å². The smallest absolute Gasteiger partial charge is 0.184 e. The van der Waals surface area contributed by atoms with E-state index in [0.29, 0.717) is 0 Å². The molecule has 0 radical (unpaired) electrons. The highest BCUT2D eigenvalue weighted by molar-refractivity contribution is 5.28. The van der Waals surface area contributed by atoms with Gasteiger partial charge in [0.2, 0.25) is 0 Å². The molecule has 0 amide bonds. The number of rotatable bonds is 2. The quantitative estimate of drug-likeness (QED) is 0.852. The third kappa shape index (κ3) is 2.67. The molecule has 1 fully saturated rings. The number of hydrogen-bond donors (Lipinski definition) is 1. The van der Waals surface area contributed by atoms with E-state index in [4.69, 9.17) is 14.2 Å². The third-order valence-electron chi connectivity index (χ3n) is 4.84. The molecule has 1 aromatic rings. The van der Waals surface area contributed by atoms with E-state index in [0.717, 1.165) is 23.3 Å². The number of hydrogen-bond acceptors (Lipinski definition) is 4. The van der Waals surface area contributed by atoms with Crippen LogP contribution in [0.5, 0.6) is 5.75 Å². The second-order valence-corrected chi connectivity index (χ2v) is 6.66. The van der Waals surface area contributed by atoms with Gasteiger partial charge in [-0.3, -0.25) is 0 Å². The van der Waals surface area contributed by atoms with Crippen molar-refractivity contribution < 1.29 is 19.3 Å². The first-order valence-corrected chi connectivity index (χ1v) is 7.74. The van der Waals surface area contributed by atoms with Crippen LogP contribution in [-0.2, 0) is 9.47 Å². The Hall–Kier alpha value is -1.36. The van der Waals surface area contributed by atoms with Crippen molar-refractivity contribution in [3.05, 3.63) is 41.5 Å². The summed E-state index contributed by atoms with van der Waals surface area (Å²) in [4.78, 5) is 0. The van der Waals surface area contributed by atoms with E-state index >= 15 is 0 Å². The highest BCUT2D eigenvalue weighted by atomic mass is 16.7. The van der Waals surface area contributed by atoms with E-state index in [-0.39, 0.29) is 17.6 Å². The van der Waals surface area contributed by atoms with Crippen molar-refractivity contribution in [2.75, 3.05) is 7.11 Å². The highest BCUT2D eigenvalue weighted by Gasteiger charge is 2.49. The Morgan fingerprint density at radius 2 is 1.91 bits per heavy atom. The Labute approximate surface area is 131 Å². The van der Waals surface area contributed by atoms with E-state index < -0.39 is 12.4 Å². The van der Waals surface area contributed by atoms with Crippen LogP contribution in [0.25, 0.3) is 0 Å². The molecule has 0 saturated carbocycles. The van der Waals surface area contributed by atoms with Crippen LogP contribution in [0.1, 0.15) is 39.0 Å². The summed E-state index contributed by atoms with van der Waals surface area (Å²) >= 11 is 0. The first kappa shape index (κ1) is 15.5. The minimum atomic E-state index is -0.567. The molecule has 22 heavy (non-hydrogen) atoms. The predicted molar refractivity (Wildman–Crippen MR) is 83.6 cm³/mol. The summed E-state index contributed by atoms with van der Waals surface area (Å²) in [6.45, 7) is 6.10. The predicted octanol–water partition coefficient (Wildman–Crippen LogP) is 3.21. The van der Waals surface area contributed by atoms with Gasteiger partial charge in [-0.05, 0) is 44.9 Å². The normalized spacial score (nSPS) is 33.8. The topological polar surface area (TPSA) is 47.9 Å². The maximum atomic E-state index is 10.5. The average molecular weight is 304 g/mol. The molecule has 1 aliphatic heterocycles. The lowest BCUT2D eigenvalue weighted by atomic mass is 9.75. The molecular weight excluding hydrogens is 280 g/mol. The summed E-state index contributed by atoms with van der Waals surface area (Å²) < 4.78 is 17.5. The van der Waals surface area contributed by atoms with Crippen molar-refractivity contribution in [1.82, 2.24) is 0 Å². The molecule has 0 bridgehead atoms. The van der Waals surface area contributed by atoms with Gasteiger partial charge in [0.25, 0.3) is 0 Å². The summed E-state index contributed by atoms with van der Waals surface area (Å²) in [7, 11) is 1.64. The molecule has 1 heterocycles. The third-order valence-corrected chi connectivity index (χ3v) is 4.84. The lowest BCUT2D eigenvalue weighted by Crippen LogP contribution is -2.55. The summed E-state index contributed by atoms with van der Waals surface area (Å²) in [5.74, 6) is 0.953. The fourth-order valence-corrected chi connectivity index (χ4v) is 3.34. The van der Waals surface area contributed by atoms with Gasteiger partial charge < -0.3 is 19.3 Å². The van der Waals surface area contributed by atoms with Crippen LogP contribution < -0.4 is 4.74 Å². The molecule has 0 spiro atoms. The number of methoxy groups -OCH3 is 1. The summed E-state index contributed by atoms with van der Waals surface area (Å²) in [5, 5.41) is 10.5. The SMILES string of the molecule is COc1ccc([C@H]2O[C@@H]3[C@@H](CC=C(C)[C@@H]3O)C(C)(C)O2)cc1. The van der Waals surface area contributed by atoms with Gasteiger partial charge in [0.1, 0.15) is 11.9 Å². The maximum absolute atomic E-state index is 10.5. The van der Waals surface area contributed by atoms with Crippen LogP contribution in [0.3, 0.4) is 0 Å². The van der Waals surface area contributed by atoms with Gasteiger partial charge in [0, 0.05) is 11.5 Å². The largest absolute Gasteiger partial charge is 0.497 e. The number of fused-ring (bicyclic) bond motifs is 1. The molecule has 1 saturated heterocycles. The molecule has 3 rings (SSSR count).